The van der Waals surface area contributed by atoms with Crippen molar-refractivity contribution in [3.8, 4) is 11.3 Å². The molecular formula is C17H12FNO2S. The Hall–Kier alpha value is -2.27. The fourth-order valence-electron chi connectivity index (χ4n) is 3.09. The monoisotopic (exact) mass is 313 g/mol. The SMILES string of the molecule is Cc1c2c(nc3ccccc13)-c1cccc(F)c1S(=O)(=O)C2. The quantitative estimate of drug-likeness (QED) is 0.636. The third-order valence-corrected chi connectivity index (χ3v) is 5.85. The molecule has 1 aromatic heterocycles. The third-order valence-electron chi connectivity index (χ3n) is 4.15. The number of nitrogens with zero attached hydrogens (tertiary/aromatic N) is 1. The molecule has 0 atom stereocenters. The molecule has 0 N–H and O–H groups in total. The molecular weight excluding hydrogens is 301 g/mol. The van der Waals surface area contributed by atoms with Gasteiger partial charge in [0.25, 0.3) is 0 Å². The van der Waals surface area contributed by atoms with Crippen LogP contribution in [-0.4, -0.2) is 13.4 Å². The molecule has 3 aromatic rings. The summed E-state index contributed by atoms with van der Waals surface area (Å²) in [4.78, 5) is 4.36. The molecule has 3 nitrogen and oxygen atoms in total. The normalized spacial score (nSPS) is 15.4. The summed E-state index contributed by atoms with van der Waals surface area (Å²) in [5.74, 6) is -0.921. The molecule has 0 saturated carbocycles. The first-order chi connectivity index (χ1) is 10.5. The van der Waals surface area contributed by atoms with Gasteiger partial charge in [-0.15, -0.1) is 0 Å². The van der Waals surface area contributed by atoms with Crippen molar-refractivity contribution in [2.45, 2.75) is 17.6 Å². The van der Waals surface area contributed by atoms with Crippen molar-refractivity contribution in [3.63, 3.8) is 0 Å². The van der Waals surface area contributed by atoms with Gasteiger partial charge in [0.2, 0.25) is 0 Å². The van der Waals surface area contributed by atoms with Crippen molar-refractivity contribution in [2.24, 2.45) is 0 Å². The Balaban J connectivity index is 2.20. The maximum absolute atomic E-state index is 14.1. The average molecular weight is 313 g/mol. The van der Waals surface area contributed by atoms with Gasteiger partial charge in [-0.1, -0.05) is 30.3 Å². The Labute approximate surface area is 127 Å². The number of sulfone groups is 1. The minimum Gasteiger partial charge on any atom is -0.247 e. The Kier molecular flexibility index (Phi) is 2.66. The highest BCUT2D eigenvalue weighted by Gasteiger charge is 2.33. The molecule has 22 heavy (non-hydrogen) atoms. The number of benzene rings is 2. The van der Waals surface area contributed by atoms with Crippen LogP contribution in [0.3, 0.4) is 0 Å². The van der Waals surface area contributed by atoms with E-state index >= 15 is 0 Å². The molecule has 0 radical (unpaired) electrons. The highest BCUT2D eigenvalue weighted by atomic mass is 32.2. The number of para-hydroxylation sites is 1. The van der Waals surface area contributed by atoms with E-state index in [1.165, 1.54) is 12.1 Å². The molecule has 0 saturated heterocycles. The summed E-state index contributed by atoms with van der Waals surface area (Å²) >= 11 is 0. The summed E-state index contributed by atoms with van der Waals surface area (Å²) in [6, 6.07) is 11.9. The van der Waals surface area contributed by atoms with Crippen LogP contribution in [0.25, 0.3) is 22.2 Å². The van der Waals surface area contributed by atoms with E-state index in [9.17, 15) is 12.8 Å². The Bertz CT molecular complexity index is 1040. The first-order valence-electron chi connectivity index (χ1n) is 6.89. The van der Waals surface area contributed by atoms with Gasteiger partial charge in [0.15, 0.2) is 9.84 Å². The molecule has 0 fully saturated rings. The molecule has 4 rings (SSSR count). The molecule has 1 aliphatic heterocycles. The highest BCUT2D eigenvalue weighted by Crippen LogP contribution is 2.40. The van der Waals surface area contributed by atoms with Gasteiger partial charge < -0.3 is 0 Å². The van der Waals surface area contributed by atoms with E-state index in [0.717, 1.165) is 16.5 Å². The fraction of sp³-hybridized carbons (Fsp3) is 0.118. The zero-order chi connectivity index (χ0) is 15.5. The van der Waals surface area contributed by atoms with Crippen molar-refractivity contribution in [2.75, 3.05) is 0 Å². The van der Waals surface area contributed by atoms with Gasteiger partial charge in [-0.3, -0.25) is 0 Å². The van der Waals surface area contributed by atoms with Crippen molar-refractivity contribution < 1.29 is 12.8 Å². The second-order valence-corrected chi connectivity index (χ2v) is 7.38. The Morgan fingerprint density at radius 2 is 1.86 bits per heavy atom. The summed E-state index contributed by atoms with van der Waals surface area (Å²) in [6.45, 7) is 1.89. The average Bonchev–Trinajstić information content (AvgIpc) is 2.49. The highest BCUT2D eigenvalue weighted by molar-refractivity contribution is 7.91. The third kappa shape index (κ3) is 1.72. The van der Waals surface area contributed by atoms with Crippen LogP contribution in [-0.2, 0) is 15.6 Å². The molecule has 0 unspecified atom stereocenters. The maximum Gasteiger partial charge on any atom is 0.186 e. The summed E-state index contributed by atoms with van der Waals surface area (Å²) in [7, 11) is -3.69. The van der Waals surface area contributed by atoms with E-state index in [-0.39, 0.29) is 10.6 Å². The van der Waals surface area contributed by atoms with Gasteiger partial charge in [0.05, 0.1) is 17.0 Å². The summed E-state index contributed by atoms with van der Waals surface area (Å²) in [5, 5.41) is 0.927. The second-order valence-electron chi connectivity index (χ2n) is 5.46. The van der Waals surface area contributed by atoms with Crippen LogP contribution in [0.15, 0.2) is 47.4 Å². The molecule has 2 heterocycles. The van der Waals surface area contributed by atoms with Gasteiger partial charge in [-0.05, 0) is 30.2 Å². The molecule has 1 aliphatic rings. The summed E-state index contributed by atoms with van der Waals surface area (Å²) in [5.41, 5.74) is 3.26. The first kappa shape index (κ1) is 13.4. The van der Waals surface area contributed by atoms with Gasteiger partial charge in [-0.25, -0.2) is 17.8 Å². The van der Waals surface area contributed by atoms with Gasteiger partial charge in [0.1, 0.15) is 10.7 Å². The maximum atomic E-state index is 14.1. The minimum atomic E-state index is -3.69. The lowest BCUT2D eigenvalue weighted by molar-refractivity contribution is 0.565. The van der Waals surface area contributed by atoms with Gasteiger partial charge >= 0.3 is 0 Å². The molecule has 0 aliphatic carbocycles. The lowest BCUT2D eigenvalue weighted by Gasteiger charge is -2.22. The lowest BCUT2D eigenvalue weighted by Crippen LogP contribution is -2.17. The number of halogens is 1. The number of pyridine rings is 1. The van der Waals surface area contributed by atoms with Crippen molar-refractivity contribution >= 4 is 20.7 Å². The number of hydrogen-bond donors (Lipinski definition) is 0. The molecule has 0 amide bonds. The first-order valence-corrected chi connectivity index (χ1v) is 8.54. The zero-order valence-corrected chi connectivity index (χ0v) is 12.6. The predicted octanol–water partition coefficient (Wildman–Crippen LogP) is 3.64. The van der Waals surface area contributed by atoms with Crippen LogP contribution in [0.4, 0.5) is 4.39 Å². The smallest absolute Gasteiger partial charge is 0.186 e. The van der Waals surface area contributed by atoms with E-state index in [1.54, 1.807) is 6.07 Å². The number of fused-ring (bicyclic) bond motifs is 4. The molecule has 0 bridgehead atoms. The fourth-order valence-corrected chi connectivity index (χ4v) is 4.83. The van der Waals surface area contributed by atoms with E-state index < -0.39 is 15.7 Å². The Morgan fingerprint density at radius 3 is 2.68 bits per heavy atom. The van der Waals surface area contributed by atoms with Crippen LogP contribution in [0.2, 0.25) is 0 Å². The molecule has 5 heteroatoms. The van der Waals surface area contributed by atoms with E-state index in [2.05, 4.69) is 4.98 Å². The number of aryl methyl sites for hydroxylation is 1. The van der Waals surface area contributed by atoms with Crippen LogP contribution in [0.1, 0.15) is 11.1 Å². The van der Waals surface area contributed by atoms with Crippen LogP contribution in [0.5, 0.6) is 0 Å². The largest absolute Gasteiger partial charge is 0.247 e. The summed E-state index contributed by atoms with van der Waals surface area (Å²) < 4.78 is 39.0. The van der Waals surface area contributed by atoms with Crippen molar-refractivity contribution in [3.05, 3.63) is 59.4 Å². The zero-order valence-electron chi connectivity index (χ0n) is 11.8. The van der Waals surface area contributed by atoms with Crippen molar-refractivity contribution in [1.82, 2.24) is 4.98 Å². The number of rotatable bonds is 0. The molecule has 110 valence electrons. The van der Waals surface area contributed by atoms with Gasteiger partial charge in [0, 0.05) is 10.9 Å². The minimum absolute atomic E-state index is 0.208. The van der Waals surface area contributed by atoms with E-state index in [4.69, 9.17) is 0 Å². The number of hydrogen-bond acceptors (Lipinski definition) is 3. The van der Waals surface area contributed by atoms with Crippen LogP contribution in [0, 0.1) is 12.7 Å². The van der Waals surface area contributed by atoms with Gasteiger partial charge in [-0.2, -0.15) is 0 Å². The molecule has 2 aromatic carbocycles. The standard InChI is InChI=1S/C17H12FNO2S/c1-10-11-5-2-3-8-15(11)19-16-12-6-4-7-14(18)17(12)22(20,21)9-13(10)16/h2-8H,9H2,1H3. The predicted molar refractivity (Wildman–Crippen MR) is 82.8 cm³/mol. The van der Waals surface area contributed by atoms with Crippen LogP contribution >= 0.6 is 0 Å². The lowest BCUT2D eigenvalue weighted by atomic mass is 9.98. The molecule has 0 spiro atoms. The topological polar surface area (TPSA) is 47.0 Å². The van der Waals surface area contributed by atoms with Crippen molar-refractivity contribution in [1.29, 1.82) is 0 Å². The summed E-state index contributed by atoms with van der Waals surface area (Å²) in [6.07, 6.45) is 0. The Morgan fingerprint density at radius 1 is 1.09 bits per heavy atom. The van der Waals surface area contributed by atoms with E-state index in [0.29, 0.717) is 16.8 Å². The van der Waals surface area contributed by atoms with E-state index in [1.807, 2.05) is 31.2 Å². The number of aromatic nitrogens is 1. The van der Waals surface area contributed by atoms with Crippen LogP contribution < -0.4 is 0 Å². The second kappa shape index (κ2) is 4.36.